The van der Waals surface area contributed by atoms with Gasteiger partial charge in [-0.25, -0.2) is 0 Å². The first-order valence-corrected chi connectivity index (χ1v) is 5.38. The van der Waals surface area contributed by atoms with E-state index in [-0.39, 0.29) is 12.4 Å². The summed E-state index contributed by atoms with van der Waals surface area (Å²) >= 11 is 0. The molecule has 1 heterocycles. The van der Waals surface area contributed by atoms with Gasteiger partial charge in [-0.05, 0) is 18.6 Å². The largest absolute Gasteiger partial charge is 0.392 e. The fourth-order valence-electron chi connectivity index (χ4n) is 1.69. The van der Waals surface area contributed by atoms with Crippen molar-refractivity contribution in [1.29, 1.82) is 0 Å². The lowest BCUT2D eigenvalue weighted by atomic mass is 10.0. The number of hydrogen-bond donors (Lipinski definition) is 1. The standard InChI is InChI=1S/C14H13NO2/c1-10(17)12-4-2-3-5-13(12)14-7-6-11(9-16)8-15-14/h2-8,16H,9H2,1H3. The summed E-state index contributed by atoms with van der Waals surface area (Å²) in [5.74, 6) is 0.0219. The predicted molar refractivity (Wildman–Crippen MR) is 65.6 cm³/mol. The van der Waals surface area contributed by atoms with E-state index >= 15 is 0 Å². The highest BCUT2D eigenvalue weighted by Crippen LogP contribution is 2.22. The number of nitrogens with zero attached hydrogens (tertiary/aromatic N) is 1. The van der Waals surface area contributed by atoms with Gasteiger partial charge in [-0.2, -0.15) is 0 Å². The van der Waals surface area contributed by atoms with Crippen molar-refractivity contribution in [3.05, 3.63) is 53.7 Å². The highest BCUT2D eigenvalue weighted by atomic mass is 16.3. The van der Waals surface area contributed by atoms with E-state index in [0.717, 1.165) is 16.8 Å². The topological polar surface area (TPSA) is 50.2 Å². The van der Waals surface area contributed by atoms with Crippen LogP contribution in [0.5, 0.6) is 0 Å². The summed E-state index contributed by atoms with van der Waals surface area (Å²) in [6, 6.07) is 11.0. The third-order valence-electron chi connectivity index (χ3n) is 2.59. The van der Waals surface area contributed by atoms with Gasteiger partial charge in [0.25, 0.3) is 0 Å². The normalized spacial score (nSPS) is 10.2. The van der Waals surface area contributed by atoms with Crippen LogP contribution in [-0.4, -0.2) is 15.9 Å². The van der Waals surface area contributed by atoms with Crippen LogP contribution in [-0.2, 0) is 6.61 Å². The molecule has 0 spiro atoms. The molecule has 0 aliphatic heterocycles. The molecule has 1 N–H and O–H groups in total. The fraction of sp³-hybridized carbons (Fsp3) is 0.143. The van der Waals surface area contributed by atoms with Crippen LogP contribution in [0.2, 0.25) is 0 Å². The van der Waals surface area contributed by atoms with Crippen LogP contribution in [0.15, 0.2) is 42.6 Å². The Labute approximate surface area is 99.8 Å². The van der Waals surface area contributed by atoms with Crippen molar-refractivity contribution in [2.24, 2.45) is 0 Å². The number of rotatable bonds is 3. The molecule has 3 nitrogen and oxygen atoms in total. The lowest BCUT2D eigenvalue weighted by molar-refractivity contribution is 0.101. The van der Waals surface area contributed by atoms with Crippen LogP contribution in [0.3, 0.4) is 0 Å². The molecular formula is C14H13NO2. The van der Waals surface area contributed by atoms with Gasteiger partial charge in [-0.15, -0.1) is 0 Å². The van der Waals surface area contributed by atoms with E-state index in [4.69, 9.17) is 5.11 Å². The van der Waals surface area contributed by atoms with Gasteiger partial charge < -0.3 is 5.11 Å². The molecule has 3 heteroatoms. The van der Waals surface area contributed by atoms with Gasteiger partial charge >= 0.3 is 0 Å². The van der Waals surface area contributed by atoms with Crippen molar-refractivity contribution >= 4 is 5.78 Å². The minimum atomic E-state index is -0.0262. The van der Waals surface area contributed by atoms with E-state index in [9.17, 15) is 4.79 Å². The monoisotopic (exact) mass is 227 g/mol. The van der Waals surface area contributed by atoms with Gasteiger partial charge in [0.05, 0.1) is 12.3 Å². The Hall–Kier alpha value is -2.00. The number of hydrogen-bond acceptors (Lipinski definition) is 3. The second-order valence-electron chi connectivity index (χ2n) is 3.81. The van der Waals surface area contributed by atoms with Crippen LogP contribution in [0.4, 0.5) is 0 Å². The van der Waals surface area contributed by atoms with Crippen LogP contribution in [0, 0.1) is 0 Å². The van der Waals surface area contributed by atoms with Gasteiger partial charge in [-0.1, -0.05) is 30.3 Å². The SMILES string of the molecule is CC(=O)c1ccccc1-c1ccc(CO)cn1. The molecule has 2 rings (SSSR count). The van der Waals surface area contributed by atoms with E-state index in [1.807, 2.05) is 24.3 Å². The number of pyridine rings is 1. The molecule has 0 unspecified atom stereocenters. The second kappa shape index (κ2) is 4.89. The van der Waals surface area contributed by atoms with Gasteiger partial charge in [0.1, 0.15) is 0 Å². The Morgan fingerprint density at radius 2 is 2.00 bits per heavy atom. The number of carbonyl (C=O) groups is 1. The van der Waals surface area contributed by atoms with Crippen molar-refractivity contribution in [1.82, 2.24) is 4.98 Å². The van der Waals surface area contributed by atoms with Gasteiger partial charge in [-0.3, -0.25) is 9.78 Å². The summed E-state index contributed by atoms with van der Waals surface area (Å²) in [6.45, 7) is 1.52. The first-order chi connectivity index (χ1) is 8.22. The van der Waals surface area contributed by atoms with Crippen LogP contribution in [0.1, 0.15) is 22.8 Å². The third kappa shape index (κ3) is 2.40. The molecular weight excluding hydrogens is 214 g/mol. The molecule has 1 aromatic carbocycles. The van der Waals surface area contributed by atoms with Gasteiger partial charge in [0.2, 0.25) is 0 Å². The first-order valence-electron chi connectivity index (χ1n) is 5.38. The Bertz CT molecular complexity index is 532. The molecule has 2 aromatic rings. The molecule has 0 aliphatic rings. The molecule has 1 aromatic heterocycles. The zero-order valence-corrected chi connectivity index (χ0v) is 9.55. The predicted octanol–water partition coefficient (Wildman–Crippen LogP) is 2.44. The van der Waals surface area contributed by atoms with Crippen molar-refractivity contribution in [3.8, 4) is 11.3 Å². The highest BCUT2D eigenvalue weighted by Gasteiger charge is 2.08. The summed E-state index contributed by atoms with van der Waals surface area (Å²) in [5.41, 5.74) is 2.99. The molecule has 0 amide bonds. The summed E-state index contributed by atoms with van der Waals surface area (Å²) in [6.07, 6.45) is 1.62. The van der Waals surface area contributed by atoms with Gasteiger partial charge in [0.15, 0.2) is 5.78 Å². The lowest BCUT2D eigenvalue weighted by Crippen LogP contribution is -1.97. The number of carbonyl (C=O) groups excluding carboxylic acids is 1. The number of aliphatic hydroxyl groups excluding tert-OH is 1. The summed E-state index contributed by atoms with van der Waals surface area (Å²) < 4.78 is 0. The van der Waals surface area contributed by atoms with Crippen molar-refractivity contribution < 1.29 is 9.90 Å². The number of aromatic nitrogens is 1. The number of benzene rings is 1. The fourth-order valence-corrected chi connectivity index (χ4v) is 1.69. The lowest BCUT2D eigenvalue weighted by Gasteiger charge is -2.06. The van der Waals surface area contributed by atoms with Crippen LogP contribution >= 0.6 is 0 Å². The molecule has 86 valence electrons. The van der Waals surface area contributed by atoms with Crippen molar-refractivity contribution in [3.63, 3.8) is 0 Å². The van der Waals surface area contributed by atoms with Gasteiger partial charge in [0, 0.05) is 17.3 Å². The summed E-state index contributed by atoms with van der Waals surface area (Å²) in [4.78, 5) is 15.7. The summed E-state index contributed by atoms with van der Waals surface area (Å²) in [5, 5.41) is 8.95. The minimum Gasteiger partial charge on any atom is -0.392 e. The number of aliphatic hydroxyl groups is 1. The first kappa shape index (κ1) is 11.5. The second-order valence-corrected chi connectivity index (χ2v) is 3.81. The van der Waals surface area contributed by atoms with E-state index in [0.29, 0.717) is 5.56 Å². The number of Topliss-reactive ketones (excluding diaryl/α,β-unsaturated/α-hetero) is 1. The molecule has 0 saturated heterocycles. The molecule has 0 radical (unpaired) electrons. The third-order valence-corrected chi connectivity index (χ3v) is 2.59. The summed E-state index contributed by atoms with van der Waals surface area (Å²) in [7, 11) is 0. The molecule has 0 fully saturated rings. The zero-order chi connectivity index (χ0) is 12.3. The Balaban J connectivity index is 2.48. The maximum Gasteiger partial charge on any atom is 0.160 e. The van der Waals surface area contributed by atoms with Crippen LogP contribution in [0.25, 0.3) is 11.3 Å². The van der Waals surface area contributed by atoms with E-state index < -0.39 is 0 Å². The quantitative estimate of drug-likeness (QED) is 0.819. The molecule has 0 atom stereocenters. The average molecular weight is 227 g/mol. The van der Waals surface area contributed by atoms with Crippen molar-refractivity contribution in [2.45, 2.75) is 13.5 Å². The Kier molecular flexibility index (Phi) is 3.30. The van der Waals surface area contributed by atoms with Crippen molar-refractivity contribution in [2.75, 3.05) is 0 Å². The maximum atomic E-state index is 11.5. The molecule has 0 saturated carbocycles. The molecule has 17 heavy (non-hydrogen) atoms. The Morgan fingerprint density at radius 1 is 1.24 bits per heavy atom. The average Bonchev–Trinajstić information content (AvgIpc) is 2.39. The van der Waals surface area contributed by atoms with E-state index in [1.54, 1.807) is 25.3 Å². The smallest absolute Gasteiger partial charge is 0.160 e. The zero-order valence-electron chi connectivity index (χ0n) is 9.55. The van der Waals surface area contributed by atoms with Crippen LogP contribution < -0.4 is 0 Å². The maximum absolute atomic E-state index is 11.5. The van der Waals surface area contributed by atoms with E-state index in [2.05, 4.69) is 4.98 Å². The van der Waals surface area contributed by atoms with E-state index in [1.165, 1.54) is 0 Å². The minimum absolute atomic E-state index is 0.0219. The molecule has 0 aliphatic carbocycles. The Morgan fingerprint density at radius 3 is 2.59 bits per heavy atom. The molecule has 0 bridgehead atoms. The highest BCUT2D eigenvalue weighted by molar-refractivity contribution is 6.00. The number of ketones is 1.